The molecule has 0 radical (unpaired) electrons. The second-order valence-electron chi connectivity index (χ2n) is 15.9. The first-order chi connectivity index (χ1) is 23.0. The van der Waals surface area contributed by atoms with E-state index in [2.05, 4.69) is 0 Å². The first-order valence-corrected chi connectivity index (χ1v) is 16.9. The van der Waals surface area contributed by atoms with Crippen molar-refractivity contribution in [1.82, 2.24) is 0 Å². The predicted octanol–water partition coefficient (Wildman–Crippen LogP) is 1.36. The van der Waals surface area contributed by atoms with Gasteiger partial charge in [-0.3, -0.25) is 14.4 Å². The fourth-order valence-electron chi connectivity index (χ4n) is 9.42. The zero-order valence-electron chi connectivity index (χ0n) is 29.7. The second-order valence-corrected chi connectivity index (χ2v) is 15.9. The number of phenolic OH excluding ortho intramolecular Hbond substituents is 1. The zero-order chi connectivity index (χ0) is 37.5. The van der Waals surface area contributed by atoms with Crippen molar-refractivity contribution in [3.05, 3.63) is 41.0 Å². The van der Waals surface area contributed by atoms with Crippen molar-refractivity contribution in [2.45, 2.75) is 122 Å². The number of rotatable bonds is 8. The minimum Gasteiger partial charge on any atom is -0.504 e. The van der Waals surface area contributed by atoms with Crippen molar-refractivity contribution in [2.75, 3.05) is 6.61 Å². The summed E-state index contributed by atoms with van der Waals surface area (Å²) in [5.41, 5.74) is -4.95. The maximum absolute atomic E-state index is 14.6. The van der Waals surface area contributed by atoms with Crippen LogP contribution in [0.25, 0.3) is 6.08 Å². The van der Waals surface area contributed by atoms with E-state index in [4.69, 9.17) is 14.2 Å². The monoisotopic (exact) mass is 702 g/mol. The Bertz CT molecular complexity index is 1630. The molecule has 1 aromatic rings. The summed E-state index contributed by atoms with van der Waals surface area (Å²) < 4.78 is 16.6. The average Bonchev–Trinajstić information content (AvgIpc) is 3.22. The van der Waals surface area contributed by atoms with Crippen LogP contribution in [-0.4, -0.2) is 108 Å². The normalized spacial score (nSPS) is 39.4. The summed E-state index contributed by atoms with van der Waals surface area (Å²) in [6, 6.07) is 1.48. The minimum atomic E-state index is -2.10. The third-order valence-corrected chi connectivity index (χ3v) is 12.2. The van der Waals surface area contributed by atoms with Crippen LogP contribution in [0, 0.1) is 29.6 Å². The number of phenols is 1. The maximum atomic E-state index is 14.6. The highest BCUT2D eigenvalue weighted by Crippen LogP contribution is 2.71. The van der Waals surface area contributed by atoms with Crippen LogP contribution in [0.4, 0.5) is 0 Å². The highest BCUT2D eigenvalue weighted by atomic mass is 16.7. The van der Waals surface area contributed by atoms with Gasteiger partial charge in [0.15, 0.2) is 17.3 Å². The summed E-state index contributed by atoms with van der Waals surface area (Å²) in [4.78, 5) is 39.8. The van der Waals surface area contributed by atoms with Gasteiger partial charge in [-0.1, -0.05) is 26.0 Å². The molecule has 0 amide bonds. The lowest BCUT2D eigenvalue weighted by Crippen LogP contribution is -2.62. The summed E-state index contributed by atoms with van der Waals surface area (Å²) >= 11 is 0. The van der Waals surface area contributed by atoms with Crippen LogP contribution in [-0.2, 0) is 29.3 Å². The van der Waals surface area contributed by atoms with Crippen LogP contribution < -0.4 is 4.74 Å². The molecule has 1 heterocycles. The molecule has 50 heavy (non-hydrogen) atoms. The van der Waals surface area contributed by atoms with Crippen LogP contribution in [0.5, 0.6) is 11.5 Å². The summed E-state index contributed by atoms with van der Waals surface area (Å²) in [6.07, 6.45) is -2.83. The molecule has 1 aromatic carbocycles. The Balaban J connectivity index is 1.53. The molecule has 1 saturated heterocycles. The van der Waals surface area contributed by atoms with Crippen molar-refractivity contribution in [3.63, 3.8) is 0 Å². The standard InChI is InChI=1S/C37H50O13/c1-17-19-9-10-24-34(5)14-21(40)31(37(8,47)25(41)11-12-33(3,4)50-18(2)39)35(34,6)15-26(42)36(24,7)20(19)13-22(27(17)43)48-32-30(46)29(45)28(44)23(16-38)49-32/h9-13,21,23-24,28-32,38,40,43-47H,14-16H2,1-8H3/b12-11+/t21?,23-,24+,28-,29+,30-,31+,32-,34+,35-,36+,37+/m1/s1. The van der Waals surface area contributed by atoms with Crippen molar-refractivity contribution in [1.29, 1.82) is 0 Å². The number of ketones is 2. The van der Waals surface area contributed by atoms with E-state index in [0.717, 1.165) is 6.08 Å². The molecule has 13 nitrogen and oxygen atoms in total. The molecule has 1 unspecified atom stereocenters. The lowest BCUT2D eigenvalue weighted by molar-refractivity contribution is -0.277. The number of Topliss-reactive ketones (excluding diaryl/α,β-unsaturated/α-hetero) is 1. The van der Waals surface area contributed by atoms with Gasteiger partial charge in [0.05, 0.1) is 18.1 Å². The highest BCUT2D eigenvalue weighted by Gasteiger charge is 2.73. The Hall–Kier alpha value is -3.17. The van der Waals surface area contributed by atoms with Crippen molar-refractivity contribution < 1.29 is 64.3 Å². The Morgan fingerprint density at radius 3 is 2.30 bits per heavy atom. The van der Waals surface area contributed by atoms with E-state index in [-0.39, 0.29) is 30.1 Å². The van der Waals surface area contributed by atoms with Crippen molar-refractivity contribution >= 4 is 23.6 Å². The Morgan fingerprint density at radius 1 is 1.06 bits per heavy atom. The van der Waals surface area contributed by atoms with Crippen molar-refractivity contribution in [3.8, 4) is 11.5 Å². The van der Waals surface area contributed by atoms with E-state index in [1.165, 1.54) is 26.0 Å². The van der Waals surface area contributed by atoms with E-state index in [0.29, 0.717) is 16.7 Å². The highest BCUT2D eigenvalue weighted by molar-refractivity contribution is 5.98. The summed E-state index contributed by atoms with van der Waals surface area (Å²) in [5.74, 6) is -3.55. The Labute approximate surface area is 291 Å². The maximum Gasteiger partial charge on any atom is 0.303 e. The van der Waals surface area contributed by atoms with E-state index in [1.807, 2.05) is 19.9 Å². The molecule has 2 saturated carbocycles. The number of carbonyl (C=O) groups is 3. The average molecular weight is 703 g/mol. The van der Waals surface area contributed by atoms with Crippen LogP contribution in [0.15, 0.2) is 24.3 Å². The lowest BCUT2D eigenvalue weighted by atomic mass is 9.42. The second kappa shape index (κ2) is 12.5. The molecule has 276 valence electrons. The fraction of sp³-hybridized carbons (Fsp3) is 0.649. The number of aromatic hydroxyl groups is 1. The largest absolute Gasteiger partial charge is 0.504 e. The molecule has 7 N–H and O–H groups in total. The lowest BCUT2D eigenvalue weighted by Gasteiger charge is -2.60. The predicted molar refractivity (Wildman–Crippen MR) is 178 cm³/mol. The molecule has 0 aromatic heterocycles. The van der Waals surface area contributed by atoms with E-state index < -0.39 is 94.5 Å². The number of allylic oxidation sites excluding steroid dienone is 1. The fourth-order valence-corrected chi connectivity index (χ4v) is 9.42. The third kappa shape index (κ3) is 5.62. The van der Waals surface area contributed by atoms with Gasteiger partial charge in [0, 0.05) is 24.8 Å². The number of benzene rings is 1. The van der Waals surface area contributed by atoms with Gasteiger partial charge in [0.2, 0.25) is 6.29 Å². The van der Waals surface area contributed by atoms with Crippen LogP contribution in [0.3, 0.4) is 0 Å². The van der Waals surface area contributed by atoms with Gasteiger partial charge in [-0.2, -0.15) is 0 Å². The minimum absolute atomic E-state index is 0.111. The Morgan fingerprint density at radius 2 is 1.70 bits per heavy atom. The van der Waals surface area contributed by atoms with Gasteiger partial charge in [0.1, 0.15) is 41.4 Å². The molecular formula is C37H50O13. The van der Waals surface area contributed by atoms with Gasteiger partial charge >= 0.3 is 5.97 Å². The van der Waals surface area contributed by atoms with Crippen LogP contribution in [0.2, 0.25) is 0 Å². The zero-order valence-corrected chi connectivity index (χ0v) is 29.7. The molecule has 0 bridgehead atoms. The number of ether oxygens (including phenoxy) is 3. The quantitative estimate of drug-likeness (QED) is 0.151. The molecule has 12 atom stereocenters. The Kier molecular flexibility index (Phi) is 9.52. The number of aliphatic hydroxyl groups is 6. The summed E-state index contributed by atoms with van der Waals surface area (Å²) in [5, 5.41) is 75.5. The molecule has 4 aliphatic rings. The number of fused-ring (bicyclic) bond motifs is 5. The molecular weight excluding hydrogens is 652 g/mol. The smallest absolute Gasteiger partial charge is 0.303 e. The van der Waals surface area contributed by atoms with E-state index in [9.17, 15) is 50.1 Å². The van der Waals surface area contributed by atoms with Gasteiger partial charge in [-0.15, -0.1) is 0 Å². The van der Waals surface area contributed by atoms with Gasteiger partial charge < -0.3 is 50.0 Å². The van der Waals surface area contributed by atoms with Crippen LogP contribution >= 0.6 is 0 Å². The number of hydrogen-bond acceptors (Lipinski definition) is 13. The molecule has 13 heteroatoms. The molecule has 5 rings (SSSR count). The summed E-state index contributed by atoms with van der Waals surface area (Å²) in [6.45, 7) is 12.3. The van der Waals surface area contributed by atoms with E-state index in [1.54, 1.807) is 33.8 Å². The molecule has 3 aliphatic carbocycles. The first kappa shape index (κ1) is 38.1. The SMILES string of the molecule is CC(=O)OC(C)(C)/C=C/C(=O)[C@](C)(O)[C@H]1C(O)C[C@@]2(C)[C@@H]3C=Cc4c(cc(O[C@@H]5O[C@H](CO)[C@@H](O)[C@H](O)[C@H]5O)c(O)c4C)[C@]3(C)C(=O)C[C@]12C. The molecule has 0 spiro atoms. The van der Waals surface area contributed by atoms with Crippen molar-refractivity contribution in [2.24, 2.45) is 22.7 Å². The third-order valence-electron chi connectivity index (χ3n) is 12.2. The number of carbonyl (C=O) groups excluding carboxylic acids is 3. The van der Waals surface area contributed by atoms with E-state index >= 15 is 0 Å². The number of aliphatic hydroxyl groups excluding tert-OH is 5. The van der Waals surface area contributed by atoms with Crippen LogP contribution in [0.1, 0.15) is 78.0 Å². The summed E-state index contributed by atoms with van der Waals surface area (Å²) in [7, 11) is 0. The van der Waals surface area contributed by atoms with Gasteiger partial charge in [0.25, 0.3) is 0 Å². The molecule has 3 fully saturated rings. The molecule has 1 aliphatic heterocycles. The first-order valence-electron chi connectivity index (χ1n) is 16.9. The van der Waals surface area contributed by atoms with Gasteiger partial charge in [-0.05, 0) is 87.1 Å². The van der Waals surface area contributed by atoms with Gasteiger partial charge in [-0.25, -0.2) is 0 Å². The topological polar surface area (TPSA) is 221 Å². The number of hydrogen-bond donors (Lipinski definition) is 7. The number of esters is 1.